The molecular weight excluding hydrogens is 207 g/mol. The number of anilines is 1. The van der Waals surface area contributed by atoms with Gasteiger partial charge in [0.2, 0.25) is 5.95 Å². The highest BCUT2D eigenvalue weighted by Crippen LogP contribution is 2.09. The average molecular weight is 222 g/mol. The van der Waals surface area contributed by atoms with Gasteiger partial charge in [-0.25, -0.2) is 14.4 Å². The van der Waals surface area contributed by atoms with Crippen LogP contribution >= 0.6 is 0 Å². The number of nitrogens with one attached hydrogen (secondary N) is 2. The molecule has 0 saturated carbocycles. The third-order valence-corrected chi connectivity index (χ3v) is 2.51. The minimum atomic E-state index is -0.411. The number of rotatable bonds is 4. The van der Waals surface area contributed by atoms with E-state index in [1.54, 1.807) is 0 Å². The lowest BCUT2D eigenvalue weighted by atomic mass is 10.1. The third kappa shape index (κ3) is 3.27. The van der Waals surface area contributed by atoms with Crippen molar-refractivity contribution in [2.24, 2.45) is 0 Å². The molecule has 2 N–H and O–H groups in total. The molecule has 0 aromatic carbocycles. The van der Waals surface area contributed by atoms with E-state index in [9.17, 15) is 4.39 Å². The molecule has 0 amide bonds. The second kappa shape index (κ2) is 5.55. The van der Waals surface area contributed by atoms with Crippen molar-refractivity contribution in [1.29, 1.82) is 0 Å². The van der Waals surface area contributed by atoms with Crippen molar-refractivity contribution in [3.05, 3.63) is 29.9 Å². The molecule has 0 radical (unpaired) electrons. The molecule has 0 saturated heterocycles. The van der Waals surface area contributed by atoms with Gasteiger partial charge in [-0.15, -0.1) is 0 Å². The van der Waals surface area contributed by atoms with Crippen LogP contribution in [0.5, 0.6) is 0 Å². The van der Waals surface area contributed by atoms with Crippen LogP contribution in [0.1, 0.15) is 12.8 Å². The first-order valence-electron chi connectivity index (χ1n) is 5.44. The minimum absolute atomic E-state index is 0.411. The summed E-state index contributed by atoms with van der Waals surface area (Å²) in [5.41, 5.74) is 1.45. The van der Waals surface area contributed by atoms with Crippen LogP contribution in [0.3, 0.4) is 0 Å². The average Bonchev–Trinajstić information content (AvgIpc) is 2.33. The van der Waals surface area contributed by atoms with E-state index in [2.05, 4.69) is 26.7 Å². The summed E-state index contributed by atoms with van der Waals surface area (Å²) >= 11 is 0. The van der Waals surface area contributed by atoms with Crippen LogP contribution in [0.4, 0.5) is 10.3 Å². The number of aromatic nitrogens is 2. The van der Waals surface area contributed by atoms with E-state index in [1.807, 2.05) is 0 Å². The van der Waals surface area contributed by atoms with Crippen molar-refractivity contribution in [2.45, 2.75) is 12.8 Å². The topological polar surface area (TPSA) is 49.8 Å². The molecule has 86 valence electrons. The molecule has 0 aliphatic carbocycles. The zero-order valence-electron chi connectivity index (χ0n) is 9.04. The quantitative estimate of drug-likeness (QED) is 0.755. The van der Waals surface area contributed by atoms with Crippen LogP contribution in [0, 0.1) is 5.82 Å². The van der Waals surface area contributed by atoms with Crippen LogP contribution in [0.25, 0.3) is 0 Å². The number of hydrogen-bond acceptors (Lipinski definition) is 4. The molecule has 1 aromatic rings. The standard InChI is InChI=1S/C11H15FN4/c12-10-7-15-11(16-8-10)14-6-3-9-1-4-13-5-2-9/h1,7-8,13H,2-6H2,(H,14,15,16). The van der Waals surface area contributed by atoms with E-state index in [0.717, 1.165) is 32.5 Å². The summed E-state index contributed by atoms with van der Waals surface area (Å²) in [6.07, 6.45) is 6.64. The summed E-state index contributed by atoms with van der Waals surface area (Å²) in [5.74, 6) is 0.0718. The third-order valence-electron chi connectivity index (χ3n) is 2.51. The van der Waals surface area contributed by atoms with Gasteiger partial charge >= 0.3 is 0 Å². The Balaban J connectivity index is 1.75. The fraction of sp³-hybridized carbons (Fsp3) is 0.455. The SMILES string of the molecule is Fc1cnc(NCCC2=CCNCC2)nc1. The van der Waals surface area contributed by atoms with Gasteiger partial charge in [0.15, 0.2) is 5.82 Å². The summed E-state index contributed by atoms with van der Waals surface area (Å²) in [6, 6.07) is 0. The Labute approximate surface area is 94.0 Å². The van der Waals surface area contributed by atoms with E-state index >= 15 is 0 Å². The van der Waals surface area contributed by atoms with Gasteiger partial charge < -0.3 is 10.6 Å². The molecule has 2 rings (SSSR count). The van der Waals surface area contributed by atoms with Crippen molar-refractivity contribution < 1.29 is 4.39 Å². The fourth-order valence-electron chi connectivity index (χ4n) is 1.64. The van der Waals surface area contributed by atoms with Crippen molar-refractivity contribution in [2.75, 3.05) is 25.0 Å². The van der Waals surface area contributed by atoms with Gasteiger partial charge in [0.25, 0.3) is 0 Å². The van der Waals surface area contributed by atoms with Crippen molar-refractivity contribution in [1.82, 2.24) is 15.3 Å². The summed E-state index contributed by atoms with van der Waals surface area (Å²) in [7, 11) is 0. The predicted octanol–water partition coefficient (Wildman–Crippen LogP) is 1.34. The van der Waals surface area contributed by atoms with Gasteiger partial charge in [0, 0.05) is 13.1 Å². The molecule has 1 aliphatic heterocycles. The first-order chi connectivity index (χ1) is 7.84. The molecule has 0 atom stereocenters. The largest absolute Gasteiger partial charge is 0.354 e. The van der Waals surface area contributed by atoms with Crippen molar-refractivity contribution >= 4 is 5.95 Å². The first-order valence-corrected chi connectivity index (χ1v) is 5.44. The molecule has 4 nitrogen and oxygen atoms in total. The van der Waals surface area contributed by atoms with Crippen LogP contribution < -0.4 is 10.6 Å². The highest BCUT2D eigenvalue weighted by atomic mass is 19.1. The zero-order chi connectivity index (χ0) is 11.2. The second-order valence-electron chi connectivity index (χ2n) is 3.72. The van der Waals surface area contributed by atoms with Crippen LogP contribution in [-0.2, 0) is 0 Å². The molecule has 1 aromatic heterocycles. The lowest BCUT2D eigenvalue weighted by Gasteiger charge is -2.13. The van der Waals surface area contributed by atoms with E-state index < -0.39 is 5.82 Å². The number of nitrogens with zero attached hydrogens (tertiary/aromatic N) is 2. The van der Waals surface area contributed by atoms with Gasteiger partial charge in [-0.1, -0.05) is 11.6 Å². The smallest absolute Gasteiger partial charge is 0.222 e. The maximum absolute atomic E-state index is 12.5. The summed E-state index contributed by atoms with van der Waals surface area (Å²) in [5, 5.41) is 6.33. The summed E-state index contributed by atoms with van der Waals surface area (Å²) in [6.45, 7) is 2.80. The molecule has 5 heteroatoms. The normalized spacial score (nSPS) is 15.7. The molecule has 0 unspecified atom stereocenters. The molecule has 0 bridgehead atoms. The summed E-state index contributed by atoms with van der Waals surface area (Å²) in [4.78, 5) is 7.66. The fourth-order valence-corrected chi connectivity index (χ4v) is 1.64. The van der Waals surface area contributed by atoms with E-state index in [4.69, 9.17) is 0 Å². The predicted molar refractivity (Wildman–Crippen MR) is 60.7 cm³/mol. The zero-order valence-corrected chi connectivity index (χ0v) is 9.04. The van der Waals surface area contributed by atoms with Crippen LogP contribution in [0.2, 0.25) is 0 Å². The van der Waals surface area contributed by atoms with Gasteiger partial charge in [0.05, 0.1) is 12.4 Å². The first kappa shape index (κ1) is 11.0. The van der Waals surface area contributed by atoms with Crippen molar-refractivity contribution in [3.8, 4) is 0 Å². The molecule has 16 heavy (non-hydrogen) atoms. The van der Waals surface area contributed by atoms with Gasteiger partial charge in [-0.3, -0.25) is 0 Å². The Bertz CT molecular complexity index is 361. The Kier molecular flexibility index (Phi) is 3.82. The van der Waals surface area contributed by atoms with Crippen LogP contribution in [-0.4, -0.2) is 29.6 Å². The molecule has 0 fully saturated rings. The van der Waals surface area contributed by atoms with Gasteiger partial charge in [-0.05, 0) is 19.4 Å². The van der Waals surface area contributed by atoms with Crippen molar-refractivity contribution in [3.63, 3.8) is 0 Å². The lowest BCUT2D eigenvalue weighted by Crippen LogP contribution is -2.21. The highest BCUT2D eigenvalue weighted by molar-refractivity contribution is 5.23. The number of hydrogen-bond donors (Lipinski definition) is 2. The number of halogens is 1. The lowest BCUT2D eigenvalue weighted by molar-refractivity contribution is 0.614. The minimum Gasteiger partial charge on any atom is -0.354 e. The van der Waals surface area contributed by atoms with Crippen LogP contribution in [0.15, 0.2) is 24.0 Å². The van der Waals surface area contributed by atoms with E-state index in [0.29, 0.717) is 5.95 Å². The van der Waals surface area contributed by atoms with Gasteiger partial charge in [0.1, 0.15) is 0 Å². The maximum Gasteiger partial charge on any atom is 0.222 e. The van der Waals surface area contributed by atoms with E-state index in [-0.39, 0.29) is 0 Å². The Morgan fingerprint density at radius 1 is 1.38 bits per heavy atom. The second-order valence-corrected chi connectivity index (χ2v) is 3.72. The molecule has 0 spiro atoms. The maximum atomic E-state index is 12.5. The van der Waals surface area contributed by atoms with Gasteiger partial charge in [-0.2, -0.15) is 0 Å². The highest BCUT2D eigenvalue weighted by Gasteiger charge is 2.02. The monoisotopic (exact) mass is 222 g/mol. The van der Waals surface area contributed by atoms with E-state index in [1.165, 1.54) is 18.0 Å². The summed E-state index contributed by atoms with van der Waals surface area (Å²) < 4.78 is 12.5. The Morgan fingerprint density at radius 3 is 2.88 bits per heavy atom. The Morgan fingerprint density at radius 2 is 2.19 bits per heavy atom. The molecular formula is C11H15FN4. The Hall–Kier alpha value is -1.49. The molecule has 1 aliphatic rings. The molecule has 2 heterocycles.